The smallest absolute Gasteiger partial charge is 0.0471 e. The second-order valence-corrected chi connectivity index (χ2v) is 5.88. The Balaban J connectivity index is 2.37. The molecule has 0 amide bonds. The maximum atomic E-state index is 6.39. The molecular formula is C18H23ClN2. The van der Waals surface area contributed by atoms with Gasteiger partial charge in [0.2, 0.25) is 0 Å². The topological polar surface area (TPSA) is 15.3 Å². The van der Waals surface area contributed by atoms with Gasteiger partial charge >= 0.3 is 0 Å². The van der Waals surface area contributed by atoms with Crippen molar-refractivity contribution in [3.05, 3.63) is 64.7 Å². The minimum Gasteiger partial charge on any atom is -0.364 e. The number of hydrogen-bond acceptors (Lipinski definition) is 2. The van der Waals surface area contributed by atoms with Crippen molar-refractivity contribution in [3.8, 4) is 0 Å². The van der Waals surface area contributed by atoms with E-state index in [1.54, 1.807) is 0 Å². The average molecular weight is 303 g/mol. The van der Waals surface area contributed by atoms with Crippen molar-refractivity contribution in [2.75, 3.05) is 11.9 Å². The molecule has 0 aliphatic carbocycles. The molecule has 1 N–H and O–H groups in total. The fourth-order valence-electron chi connectivity index (χ4n) is 2.49. The van der Waals surface area contributed by atoms with E-state index in [0.717, 1.165) is 23.7 Å². The van der Waals surface area contributed by atoms with Crippen molar-refractivity contribution in [1.82, 2.24) is 5.32 Å². The SMILES string of the molecule is CNCc1c(Cl)cccc1N(Cc1ccccc1)C(C)C. The van der Waals surface area contributed by atoms with Gasteiger partial charge < -0.3 is 10.2 Å². The summed E-state index contributed by atoms with van der Waals surface area (Å²) in [5, 5.41) is 4.03. The standard InChI is InChI=1S/C18H23ClN2/c1-14(2)21(13-15-8-5-4-6-9-15)18-11-7-10-17(19)16(18)12-20-3/h4-11,14,20H,12-13H2,1-3H3. The van der Waals surface area contributed by atoms with Gasteiger partial charge in [-0.25, -0.2) is 0 Å². The Morgan fingerprint density at radius 1 is 1.05 bits per heavy atom. The zero-order chi connectivity index (χ0) is 15.2. The summed E-state index contributed by atoms with van der Waals surface area (Å²) in [5.41, 5.74) is 3.67. The molecule has 0 atom stereocenters. The van der Waals surface area contributed by atoms with Crippen LogP contribution in [0.5, 0.6) is 0 Å². The summed E-state index contributed by atoms with van der Waals surface area (Å²) in [6, 6.07) is 17.1. The lowest BCUT2D eigenvalue weighted by atomic mass is 10.1. The highest BCUT2D eigenvalue weighted by atomic mass is 35.5. The van der Waals surface area contributed by atoms with Crippen LogP contribution in [0.4, 0.5) is 5.69 Å². The highest BCUT2D eigenvalue weighted by Gasteiger charge is 2.16. The Labute approximate surface area is 132 Å². The van der Waals surface area contributed by atoms with Crippen LogP contribution in [0.1, 0.15) is 25.0 Å². The maximum Gasteiger partial charge on any atom is 0.0471 e. The molecule has 0 heterocycles. The number of hydrogen-bond donors (Lipinski definition) is 1. The van der Waals surface area contributed by atoms with Gasteiger partial charge in [0.05, 0.1) is 0 Å². The van der Waals surface area contributed by atoms with E-state index in [1.165, 1.54) is 11.3 Å². The molecule has 0 aliphatic rings. The zero-order valence-corrected chi connectivity index (χ0v) is 13.7. The normalized spacial score (nSPS) is 10.9. The van der Waals surface area contributed by atoms with Gasteiger partial charge in [0.1, 0.15) is 0 Å². The van der Waals surface area contributed by atoms with Crippen molar-refractivity contribution >= 4 is 17.3 Å². The van der Waals surface area contributed by atoms with Gasteiger partial charge in [-0.2, -0.15) is 0 Å². The number of nitrogens with zero attached hydrogens (tertiary/aromatic N) is 1. The highest BCUT2D eigenvalue weighted by molar-refractivity contribution is 6.31. The lowest BCUT2D eigenvalue weighted by molar-refractivity contribution is 0.674. The van der Waals surface area contributed by atoms with Gasteiger partial charge in [-0.15, -0.1) is 0 Å². The molecule has 0 saturated heterocycles. The molecule has 2 aromatic rings. The fraction of sp³-hybridized carbons (Fsp3) is 0.333. The molecule has 0 saturated carbocycles. The average Bonchev–Trinajstić information content (AvgIpc) is 2.48. The lowest BCUT2D eigenvalue weighted by Gasteiger charge is -2.31. The van der Waals surface area contributed by atoms with Crippen LogP contribution < -0.4 is 10.2 Å². The first-order valence-electron chi connectivity index (χ1n) is 7.36. The summed E-state index contributed by atoms with van der Waals surface area (Å²) in [6.07, 6.45) is 0. The van der Waals surface area contributed by atoms with Crippen molar-refractivity contribution in [3.63, 3.8) is 0 Å². The third kappa shape index (κ3) is 3.99. The number of anilines is 1. The monoisotopic (exact) mass is 302 g/mol. The van der Waals surface area contributed by atoms with E-state index in [0.29, 0.717) is 6.04 Å². The summed E-state index contributed by atoms with van der Waals surface area (Å²) >= 11 is 6.39. The molecule has 0 aromatic heterocycles. The van der Waals surface area contributed by atoms with Crippen LogP contribution in [0, 0.1) is 0 Å². The summed E-state index contributed by atoms with van der Waals surface area (Å²) in [4.78, 5) is 2.40. The molecule has 112 valence electrons. The molecule has 21 heavy (non-hydrogen) atoms. The number of rotatable bonds is 6. The molecule has 0 fully saturated rings. The fourth-order valence-corrected chi connectivity index (χ4v) is 2.73. The summed E-state index contributed by atoms with van der Waals surface area (Å²) < 4.78 is 0. The molecule has 0 bridgehead atoms. The van der Waals surface area contributed by atoms with Gasteiger partial charge in [-0.1, -0.05) is 48.0 Å². The van der Waals surface area contributed by atoms with Crippen LogP contribution in [0.2, 0.25) is 5.02 Å². The molecule has 0 aliphatic heterocycles. The first-order chi connectivity index (χ1) is 10.1. The maximum absolute atomic E-state index is 6.39. The van der Waals surface area contributed by atoms with E-state index in [1.807, 2.05) is 19.2 Å². The van der Waals surface area contributed by atoms with Crippen LogP contribution >= 0.6 is 11.6 Å². The van der Waals surface area contributed by atoms with E-state index in [2.05, 4.69) is 60.5 Å². The van der Waals surface area contributed by atoms with Gasteiger partial charge in [0.15, 0.2) is 0 Å². The van der Waals surface area contributed by atoms with Crippen LogP contribution in [-0.4, -0.2) is 13.1 Å². The van der Waals surface area contributed by atoms with Crippen molar-refractivity contribution in [2.24, 2.45) is 0 Å². The van der Waals surface area contributed by atoms with E-state index in [-0.39, 0.29) is 0 Å². The molecule has 0 radical (unpaired) electrons. The van der Waals surface area contributed by atoms with Crippen LogP contribution in [0.15, 0.2) is 48.5 Å². The molecular weight excluding hydrogens is 280 g/mol. The predicted molar refractivity (Wildman–Crippen MR) is 92.0 cm³/mol. The van der Waals surface area contributed by atoms with Gasteiger partial charge in [0, 0.05) is 35.4 Å². The molecule has 2 rings (SSSR count). The predicted octanol–water partition coefficient (Wildman–Crippen LogP) is 4.47. The molecule has 3 heteroatoms. The van der Waals surface area contributed by atoms with E-state index >= 15 is 0 Å². The first kappa shape index (κ1) is 15.9. The second kappa shape index (κ2) is 7.48. The molecule has 2 aromatic carbocycles. The van der Waals surface area contributed by atoms with E-state index in [9.17, 15) is 0 Å². The minimum absolute atomic E-state index is 0.402. The lowest BCUT2D eigenvalue weighted by Crippen LogP contribution is -2.31. The zero-order valence-electron chi connectivity index (χ0n) is 12.9. The Morgan fingerprint density at radius 3 is 2.38 bits per heavy atom. The first-order valence-corrected chi connectivity index (χ1v) is 7.74. The highest BCUT2D eigenvalue weighted by Crippen LogP contribution is 2.30. The number of benzene rings is 2. The number of halogens is 1. The summed E-state index contributed by atoms with van der Waals surface area (Å²) in [6.45, 7) is 6.09. The van der Waals surface area contributed by atoms with Crippen molar-refractivity contribution in [2.45, 2.75) is 33.0 Å². The van der Waals surface area contributed by atoms with Crippen LogP contribution in [-0.2, 0) is 13.1 Å². The van der Waals surface area contributed by atoms with Crippen LogP contribution in [0.25, 0.3) is 0 Å². The van der Waals surface area contributed by atoms with E-state index in [4.69, 9.17) is 11.6 Å². The summed E-state index contributed by atoms with van der Waals surface area (Å²) in [7, 11) is 1.95. The minimum atomic E-state index is 0.402. The van der Waals surface area contributed by atoms with Crippen molar-refractivity contribution in [1.29, 1.82) is 0 Å². The van der Waals surface area contributed by atoms with Crippen molar-refractivity contribution < 1.29 is 0 Å². The largest absolute Gasteiger partial charge is 0.364 e. The Kier molecular flexibility index (Phi) is 5.66. The third-order valence-electron chi connectivity index (χ3n) is 3.58. The van der Waals surface area contributed by atoms with Gasteiger partial charge in [-0.05, 0) is 38.6 Å². The van der Waals surface area contributed by atoms with Gasteiger partial charge in [0.25, 0.3) is 0 Å². The Hall–Kier alpha value is -1.51. The second-order valence-electron chi connectivity index (χ2n) is 5.48. The molecule has 0 spiro atoms. The van der Waals surface area contributed by atoms with E-state index < -0.39 is 0 Å². The Bertz CT molecular complexity index is 567. The number of nitrogens with one attached hydrogen (secondary N) is 1. The Morgan fingerprint density at radius 2 is 1.76 bits per heavy atom. The van der Waals surface area contributed by atoms with Crippen LogP contribution in [0.3, 0.4) is 0 Å². The summed E-state index contributed by atoms with van der Waals surface area (Å²) in [5.74, 6) is 0. The quantitative estimate of drug-likeness (QED) is 0.846. The van der Waals surface area contributed by atoms with Gasteiger partial charge in [-0.3, -0.25) is 0 Å². The third-order valence-corrected chi connectivity index (χ3v) is 3.93. The molecule has 0 unspecified atom stereocenters. The molecule has 2 nitrogen and oxygen atoms in total.